The predicted molar refractivity (Wildman–Crippen MR) is 92.1 cm³/mol. The molecular weight excluding hydrogens is 308 g/mol. The third kappa shape index (κ3) is 3.92. The summed E-state index contributed by atoms with van der Waals surface area (Å²) in [6.07, 6.45) is 3.01. The van der Waals surface area contributed by atoms with E-state index < -0.39 is 0 Å². The molecule has 0 aliphatic heterocycles. The van der Waals surface area contributed by atoms with Gasteiger partial charge in [-0.05, 0) is 26.0 Å². The molecule has 0 saturated heterocycles. The Morgan fingerprint density at radius 2 is 1.79 bits per heavy atom. The van der Waals surface area contributed by atoms with E-state index in [2.05, 4.69) is 15.3 Å². The van der Waals surface area contributed by atoms with Gasteiger partial charge in [0.05, 0.1) is 26.6 Å². The smallest absolute Gasteiger partial charge is 0.274 e. The lowest BCUT2D eigenvalue weighted by atomic mass is 10.2. The molecule has 1 heterocycles. The summed E-state index contributed by atoms with van der Waals surface area (Å²) in [5.74, 6) is 1.68. The second-order valence-corrected chi connectivity index (χ2v) is 4.96. The minimum atomic E-state index is -0.120. The number of carbonyl (C=O) groups excluding carboxylic acids is 1. The number of rotatable bonds is 7. The molecule has 7 nitrogen and oxygen atoms in total. The molecule has 2 aromatic rings. The molecule has 0 fully saturated rings. The number of carbonyl (C=O) groups is 1. The van der Waals surface area contributed by atoms with Crippen molar-refractivity contribution in [2.75, 3.05) is 32.6 Å². The lowest BCUT2D eigenvalue weighted by molar-refractivity contribution is 0.0766. The number of methoxy groups -OCH3 is 2. The molecule has 128 valence electrons. The first kappa shape index (κ1) is 17.5. The van der Waals surface area contributed by atoms with E-state index in [1.165, 1.54) is 12.4 Å². The third-order valence-corrected chi connectivity index (χ3v) is 3.58. The summed E-state index contributed by atoms with van der Waals surface area (Å²) in [7, 11) is 3.16. The lowest BCUT2D eigenvalue weighted by Gasteiger charge is -2.17. The average molecular weight is 330 g/mol. The van der Waals surface area contributed by atoms with Gasteiger partial charge in [-0.1, -0.05) is 0 Å². The quantitative estimate of drug-likeness (QED) is 0.841. The topological polar surface area (TPSA) is 76.6 Å². The van der Waals surface area contributed by atoms with Crippen LogP contribution in [0.5, 0.6) is 11.5 Å². The van der Waals surface area contributed by atoms with Crippen molar-refractivity contribution in [2.45, 2.75) is 13.8 Å². The number of benzene rings is 1. The van der Waals surface area contributed by atoms with E-state index >= 15 is 0 Å². The van der Waals surface area contributed by atoms with Crippen molar-refractivity contribution in [1.82, 2.24) is 14.9 Å². The number of amides is 1. The monoisotopic (exact) mass is 330 g/mol. The highest BCUT2D eigenvalue weighted by Crippen LogP contribution is 2.30. The summed E-state index contributed by atoms with van der Waals surface area (Å²) in [6.45, 7) is 5.15. The van der Waals surface area contributed by atoms with Crippen molar-refractivity contribution in [3.63, 3.8) is 0 Å². The summed E-state index contributed by atoms with van der Waals surface area (Å²) < 4.78 is 10.5. The van der Waals surface area contributed by atoms with Gasteiger partial charge in [0.15, 0.2) is 11.5 Å². The van der Waals surface area contributed by atoms with Crippen molar-refractivity contribution < 1.29 is 14.3 Å². The minimum Gasteiger partial charge on any atom is -0.493 e. The zero-order valence-electron chi connectivity index (χ0n) is 14.4. The van der Waals surface area contributed by atoms with Crippen LogP contribution in [0.25, 0.3) is 0 Å². The molecule has 0 unspecified atom stereocenters. The maximum atomic E-state index is 12.2. The first-order valence-corrected chi connectivity index (χ1v) is 7.73. The summed E-state index contributed by atoms with van der Waals surface area (Å²) >= 11 is 0. The Kier molecular flexibility index (Phi) is 5.95. The molecule has 1 amide bonds. The van der Waals surface area contributed by atoms with Crippen LogP contribution in [-0.2, 0) is 0 Å². The van der Waals surface area contributed by atoms with Crippen molar-refractivity contribution in [3.8, 4) is 11.5 Å². The normalized spacial score (nSPS) is 10.2. The summed E-state index contributed by atoms with van der Waals surface area (Å²) in [4.78, 5) is 22.3. The molecule has 7 heteroatoms. The molecule has 0 atom stereocenters. The fourth-order valence-electron chi connectivity index (χ4n) is 2.24. The van der Waals surface area contributed by atoms with Gasteiger partial charge < -0.3 is 19.7 Å². The minimum absolute atomic E-state index is 0.120. The summed E-state index contributed by atoms with van der Waals surface area (Å²) in [6, 6.07) is 5.44. The number of aromatic nitrogens is 2. The molecule has 0 radical (unpaired) electrons. The fourth-order valence-corrected chi connectivity index (χ4v) is 2.24. The van der Waals surface area contributed by atoms with E-state index in [0.717, 1.165) is 5.69 Å². The van der Waals surface area contributed by atoms with Gasteiger partial charge in [0.2, 0.25) is 0 Å². The Bertz CT molecular complexity index is 685. The van der Waals surface area contributed by atoms with Crippen LogP contribution < -0.4 is 14.8 Å². The van der Waals surface area contributed by atoms with Crippen LogP contribution in [0.2, 0.25) is 0 Å². The van der Waals surface area contributed by atoms with Crippen molar-refractivity contribution >= 4 is 17.4 Å². The van der Waals surface area contributed by atoms with E-state index in [4.69, 9.17) is 9.47 Å². The molecular formula is C17H22N4O3. The number of hydrogen-bond donors (Lipinski definition) is 1. The number of hydrogen-bond acceptors (Lipinski definition) is 6. The summed E-state index contributed by atoms with van der Waals surface area (Å²) in [5, 5.41) is 3.12. The van der Waals surface area contributed by atoms with Crippen LogP contribution in [0.1, 0.15) is 24.3 Å². The molecule has 0 aliphatic rings. The maximum absolute atomic E-state index is 12.2. The van der Waals surface area contributed by atoms with Crippen LogP contribution in [0.3, 0.4) is 0 Å². The molecule has 2 rings (SSSR count). The highest BCUT2D eigenvalue weighted by Gasteiger charge is 2.14. The zero-order chi connectivity index (χ0) is 17.5. The number of anilines is 2. The van der Waals surface area contributed by atoms with Gasteiger partial charge in [0, 0.05) is 24.8 Å². The van der Waals surface area contributed by atoms with Gasteiger partial charge in [-0.3, -0.25) is 4.79 Å². The molecule has 0 aliphatic carbocycles. The Labute approximate surface area is 141 Å². The fraction of sp³-hybridized carbons (Fsp3) is 0.353. The Balaban J connectivity index is 2.13. The first-order chi connectivity index (χ1) is 11.6. The average Bonchev–Trinajstić information content (AvgIpc) is 2.63. The van der Waals surface area contributed by atoms with Crippen molar-refractivity contribution in [1.29, 1.82) is 0 Å². The second-order valence-electron chi connectivity index (χ2n) is 4.96. The summed E-state index contributed by atoms with van der Waals surface area (Å²) in [5.41, 5.74) is 1.11. The van der Waals surface area contributed by atoms with E-state index in [9.17, 15) is 4.79 Å². The van der Waals surface area contributed by atoms with E-state index in [1.54, 1.807) is 31.3 Å². The van der Waals surface area contributed by atoms with E-state index in [1.807, 2.05) is 19.9 Å². The van der Waals surface area contributed by atoms with E-state index in [-0.39, 0.29) is 5.91 Å². The van der Waals surface area contributed by atoms with Crippen LogP contribution in [0, 0.1) is 0 Å². The number of ether oxygens (including phenoxy) is 2. The largest absolute Gasteiger partial charge is 0.493 e. The van der Waals surface area contributed by atoms with Crippen molar-refractivity contribution in [3.05, 3.63) is 36.3 Å². The third-order valence-electron chi connectivity index (χ3n) is 3.58. The standard InChI is InChI=1S/C17H22N4O3/c1-5-21(6-2)17(22)13-10-19-16(11-18-13)20-12-7-8-14(23-3)15(9-12)24-4/h7-11H,5-6H2,1-4H3,(H,19,20). The number of nitrogens with one attached hydrogen (secondary N) is 1. The molecule has 0 bridgehead atoms. The van der Waals surface area contributed by atoms with Gasteiger partial charge in [0.1, 0.15) is 11.5 Å². The molecule has 24 heavy (non-hydrogen) atoms. The first-order valence-electron chi connectivity index (χ1n) is 7.73. The highest BCUT2D eigenvalue weighted by atomic mass is 16.5. The van der Waals surface area contributed by atoms with Gasteiger partial charge in [0.25, 0.3) is 5.91 Å². The Morgan fingerprint density at radius 1 is 1.08 bits per heavy atom. The van der Waals surface area contributed by atoms with Gasteiger partial charge >= 0.3 is 0 Å². The van der Waals surface area contributed by atoms with Crippen LogP contribution in [-0.4, -0.2) is 48.1 Å². The predicted octanol–water partition coefficient (Wildman–Crippen LogP) is 2.72. The van der Waals surface area contributed by atoms with Crippen LogP contribution in [0.15, 0.2) is 30.6 Å². The zero-order valence-corrected chi connectivity index (χ0v) is 14.4. The second kappa shape index (κ2) is 8.14. The molecule has 0 saturated carbocycles. The van der Waals surface area contributed by atoms with Crippen molar-refractivity contribution in [2.24, 2.45) is 0 Å². The van der Waals surface area contributed by atoms with Crippen LogP contribution in [0.4, 0.5) is 11.5 Å². The highest BCUT2D eigenvalue weighted by molar-refractivity contribution is 5.92. The Hall–Kier alpha value is -2.83. The molecule has 1 aromatic carbocycles. The lowest BCUT2D eigenvalue weighted by Crippen LogP contribution is -2.31. The molecule has 1 aromatic heterocycles. The van der Waals surface area contributed by atoms with Gasteiger partial charge in [-0.2, -0.15) is 0 Å². The van der Waals surface area contributed by atoms with E-state index in [0.29, 0.717) is 36.1 Å². The molecule has 0 spiro atoms. The SMILES string of the molecule is CCN(CC)C(=O)c1cnc(Nc2ccc(OC)c(OC)c2)cn1. The number of nitrogens with zero attached hydrogens (tertiary/aromatic N) is 3. The molecule has 1 N–H and O–H groups in total. The maximum Gasteiger partial charge on any atom is 0.274 e. The Morgan fingerprint density at radius 3 is 2.33 bits per heavy atom. The van der Waals surface area contributed by atoms with Gasteiger partial charge in [-0.15, -0.1) is 0 Å². The van der Waals surface area contributed by atoms with Crippen LogP contribution >= 0.6 is 0 Å². The van der Waals surface area contributed by atoms with Gasteiger partial charge in [-0.25, -0.2) is 9.97 Å².